The largest absolute Gasteiger partial charge is 0.355 e. The predicted molar refractivity (Wildman–Crippen MR) is 110 cm³/mol. The van der Waals surface area contributed by atoms with Crippen LogP contribution < -0.4 is 4.90 Å². The van der Waals surface area contributed by atoms with Gasteiger partial charge in [0.2, 0.25) is 0 Å². The van der Waals surface area contributed by atoms with Crippen LogP contribution >= 0.6 is 0 Å². The lowest BCUT2D eigenvalue weighted by Gasteiger charge is -2.39. The number of hydrogen-bond donors (Lipinski definition) is 0. The third-order valence-electron chi connectivity index (χ3n) is 5.94. The first kappa shape index (κ1) is 18.4. The Morgan fingerprint density at radius 3 is 2.48 bits per heavy atom. The van der Waals surface area contributed by atoms with Crippen molar-refractivity contribution >= 4 is 5.82 Å². The van der Waals surface area contributed by atoms with Crippen molar-refractivity contribution in [3.05, 3.63) is 36.3 Å². The smallest absolute Gasteiger partial charge is 0.161 e. The van der Waals surface area contributed by atoms with Gasteiger partial charge in [0.25, 0.3) is 0 Å². The monoisotopic (exact) mass is 365 g/mol. The SMILES string of the molecule is CCc1cc(N2CCCC(N3CCCCCC3)C2)nc(-c2ccncc2)n1. The predicted octanol–water partition coefficient (Wildman–Crippen LogP) is 3.95. The molecule has 1 unspecified atom stereocenters. The maximum absolute atomic E-state index is 4.94. The number of anilines is 1. The average molecular weight is 366 g/mol. The summed E-state index contributed by atoms with van der Waals surface area (Å²) >= 11 is 0. The van der Waals surface area contributed by atoms with Crippen LogP contribution in [0.3, 0.4) is 0 Å². The van der Waals surface area contributed by atoms with E-state index in [9.17, 15) is 0 Å². The summed E-state index contributed by atoms with van der Waals surface area (Å²) in [4.78, 5) is 19.1. The van der Waals surface area contributed by atoms with Gasteiger partial charge in [-0.05, 0) is 57.3 Å². The number of pyridine rings is 1. The van der Waals surface area contributed by atoms with Crippen LogP contribution in [0.2, 0.25) is 0 Å². The summed E-state index contributed by atoms with van der Waals surface area (Å²) in [6.45, 7) is 6.89. The third kappa shape index (κ3) is 4.46. The molecule has 5 nitrogen and oxygen atoms in total. The van der Waals surface area contributed by atoms with Gasteiger partial charge in [0.15, 0.2) is 5.82 Å². The summed E-state index contributed by atoms with van der Waals surface area (Å²) in [5.74, 6) is 1.91. The standard InChI is InChI=1S/C22H31N5/c1-2-19-16-21(25-22(24-19)18-9-11-23-12-10-18)27-15-7-8-20(17-27)26-13-5-3-4-6-14-26/h9-12,16,20H,2-8,13-15,17H2,1H3. The van der Waals surface area contributed by atoms with E-state index in [1.165, 1.54) is 51.6 Å². The number of aromatic nitrogens is 3. The number of nitrogens with zero attached hydrogens (tertiary/aromatic N) is 5. The van der Waals surface area contributed by atoms with Crippen molar-refractivity contribution in [2.24, 2.45) is 0 Å². The van der Waals surface area contributed by atoms with E-state index in [4.69, 9.17) is 9.97 Å². The van der Waals surface area contributed by atoms with Crippen LogP contribution in [0.5, 0.6) is 0 Å². The molecular formula is C22H31N5. The Kier molecular flexibility index (Phi) is 5.97. The second-order valence-electron chi connectivity index (χ2n) is 7.82. The van der Waals surface area contributed by atoms with Crippen LogP contribution in [-0.2, 0) is 6.42 Å². The van der Waals surface area contributed by atoms with Crippen LogP contribution in [0.1, 0.15) is 51.1 Å². The summed E-state index contributed by atoms with van der Waals surface area (Å²) < 4.78 is 0. The Balaban J connectivity index is 1.56. The molecule has 0 N–H and O–H groups in total. The minimum atomic E-state index is 0.668. The molecule has 5 heteroatoms. The molecule has 2 aromatic rings. The highest BCUT2D eigenvalue weighted by Gasteiger charge is 2.27. The number of piperidine rings is 1. The zero-order valence-electron chi connectivity index (χ0n) is 16.5. The molecule has 0 saturated carbocycles. The molecule has 2 aromatic heterocycles. The van der Waals surface area contributed by atoms with E-state index in [1.807, 2.05) is 24.5 Å². The van der Waals surface area contributed by atoms with Crippen molar-refractivity contribution in [2.45, 2.75) is 57.9 Å². The Hall–Kier alpha value is -2.01. The molecule has 2 aliphatic rings. The van der Waals surface area contributed by atoms with Crippen molar-refractivity contribution in [3.8, 4) is 11.4 Å². The van der Waals surface area contributed by atoms with Crippen molar-refractivity contribution < 1.29 is 0 Å². The molecule has 4 rings (SSSR count). The van der Waals surface area contributed by atoms with Gasteiger partial charge in [-0.1, -0.05) is 19.8 Å². The first-order valence-electron chi connectivity index (χ1n) is 10.6. The molecule has 0 aliphatic carbocycles. The summed E-state index contributed by atoms with van der Waals surface area (Å²) in [5, 5.41) is 0. The first-order valence-corrected chi connectivity index (χ1v) is 10.6. The number of aryl methyl sites for hydroxylation is 1. The Bertz CT molecular complexity index is 725. The highest BCUT2D eigenvalue weighted by molar-refractivity contribution is 5.57. The summed E-state index contributed by atoms with van der Waals surface area (Å²) in [6, 6.07) is 6.85. The molecule has 0 aromatic carbocycles. The van der Waals surface area contributed by atoms with Gasteiger partial charge in [0, 0.05) is 48.8 Å². The van der Waals surface area contributed by atoms with E-state index in [0.29, 0.717) is 6.04 Å². The molecule has 0 spiro atoms. The zero-order valence-corrected chi connectivity index (χ0v) is 16.5. The average Bonchev–Trinajstić information content (AvgIpc) is 3.04. The van der Waals surface area contributed by atoms with Crippen molar-refractivity contribution in [2.75, 3.05) is 31.1 Å². The second kappa shape index (κ2) is 8.79. The zero-order chi connectivity index (χ0) is 18.5. The van der Waals surface area contributed by atoms with E-state index in [0.717, 1.165) is 42.4 Å². The number of likely N-dealkylation sites (tertiary alicyclic amines) is 1. The summed E-state index contributed by atoms with van der Waals surface area (Å²) in [7, 11) is 0. The van der Waals surface area contributed by atoms with Crippen molar-refractivity contribution in [1.29, 1.82) is 0 Å². The van der Waals surface area contributed by atoms with E-state index >= 15 is 0 Å². The fourth-order valence-electron chi connectivity index (χ4n) is 4.38. The van der Waals surface area contributed by atoms with Gasteiger partial charge in [0.1, 0.15) is 5.82 Å². The lowest BCUT2D eigenvalue weighted by atomic mass is 10.0. The highest BCUT2D eigenvalue weighted by atomic mass is 15.3. The molecule has 2 saturated heterocycles. The van der Waals surface area contributed by atoms with Gasteiger partial charge >= 0.3 is 0 Å². The van der Waals surface area contributed by atoms with Crippen LogP contribution in [0.25, 0.3) is 11.4 Å². The Morgan fingerprint density at radius 1 is 0.963 bits per heavy atom. The molecule has 0 radical (unpaired) electrons. The van der Waals surface area contributed by atoms with E-state index in [1.54, 1.807) is 0 Å². The van der Waals surface area contributed by atoms with Crippen molar-refractivity contribution in [1.82, 2.24) is 19.9 Å². The maximum atomic E-state index is 4.94. The van der Waals surface area contributed by atoms with Gasteiger partial charge in [-0.2, -0.15) is 0 Å². The third-order valence-corrected chi connectivity index (χ3v) is 5.94. The van der Waals surface area contributed by atoms with E-state index < -0.39 is 0 Å². The molecular weight excluding hydrogens is 334 g/mol. The summed E-state index contributed by atoms with van der Waals surface area (Å²) in [5.41, 5.74) is 2.16. The van der Waals surface area contributed by atoms with Crippen LogP contribution in [0.4, 0.5) is 5.82 Å². The molecule has 2 aliphatic heterocycles. The lowest BCUT2D eigenvalue weighted by Crippen LogP contribution is -2.48. The molecule has 27 heavy (non-hydrogen) atoms. The topological polar surface area (TPSA) is 45.2 Å². The Labute approximate surface area is 162 Å². The van der Waals surface area contributed by atoms with Gasteiger partial charge in [-0.3, -0.25) is 9.88 Å². The quantitative estimate of drug-likeness (QED) is 0.821. The minimum Gasteiger partial charge on any atom is -0.355 e. The maximum Gasteiger partial charge on any atom is 0.161 e. The van der Waals surface area contributed by atoms with Gasteiger partial charge in [-0.15, -0.1) is 0 Å². The molecule has 144 valence electrons. The number of rotatable bonds is 4. The molecule has 0 amide bonds. The van der Waals surface area contributed by atoms with E-state index in [-0.39, 0.29) is 0 Å². The van der Waals surface area contributed by atoms with Gasteiger partial charge < -0.3 is 4.90 Å². The van der Waals surface area contributed by atoms with Gasteiger partial charge in [-0.25, -0.2) is 9.97 Å². The fourth-order valence-corrected chi connectivity index (χ4v) is 4.38. The second-order valence-corrected chi connectivity index (χ2v) is 7.82. The highest BCUT2D eigenvalue weighted by Crippen LogP contribution is 2.26. The fraction of sp³-hybridized carbons (Fsp3) is 0.591. The normalized spacial score (nSPS) is 21.8. The molecule has 2 fully saturated rings. The molecule has 4 heterocycles. The lowest BCUT2D eigenvalue weighted by molar-refractivity contribution is 0.182. The van der Waals surface area contributed by atoms with Crippen molar-refractivity contribution in [3.63, 3.8) is 0 Å². The summed E-state index contributed by atoms with van der Waals surface area (Å²) in [6.07, 6.45) is 12.6. The molecule has 0 bridgehead atoms. The number of hydrogen-bond acceptors (Lipinski definition) is 5. The van der Waals surface area contributed by atoms with Crippen LogP contribution in [0.15, 0.2) is 30.6 Å². The molecule has 1 atom stereocenters. The van der Waals surface area contributed by atoms with Gasteiger partial charge in [0.05, 0.1) is 0 Å². The first-order chi connectivity index (χ1) is 13.3. The Morgan fingerprint density at radius 2 is 1.74 bits per heavy atom. The minimum absolute atomic E-state index is 0.668. The van der Waals surface area contributed by atoms with Crippen LogP contribution in [-0.4, -0.2) is 52.1 Å². The van der Waals surface area contributed by atoms with E-state index in [2.05, 4.69) is 27.8 Å². The van der Waals surface area contributed by atoms with Crippen LogP contribution in [0, 0.1) is 0 Å².